The molecule has 0 unspecified atom stereocenters. The topological polar surface area (TPSA) is 102 Å². The van der Waals surface area contributed by atoms with Crippen molar-refractivity contribution >= 4 is 32.7 Å². The highest BCUT2D eigenvalue weighted by Crippen LogP contribution is 2.27. The zero-order valence-electron chi connectivity index (χ0n) is 15.9. The van der Waals surface area contributed by atoms with Crippen molar-refractivity contribution in [1.29, 1.82) is 0 Å². The number of nitrogens with zero attached hydrogens (tertiary/aromatic N) is 2. The van der Waals surface area contributed by atoms with E-state index < -0.39 is 10.0 Å². The maximum absolute atomic E-state index is 12.9. The summed E-state index contributed by atoms with van der Waals surface area (Å²) >= 11 is 0. The van der Waals surface area contributed by atoms with E-state index in [2.05, 4.69) is 15.0 Å². The van der Waals surface area contributed by atoms with Crippen LogP contribution in [0.3, 0.4) is 0 Å². The van der Waals surface area contributed by atoms with Gasteiger partial charge in [0.2, 0.25) is 15.9 Å². The molecule has 0 fully saturated rings. The van der Waals surface area contributed by atoms with E-state index in [1.807, 2.05) is 35.9 Å². The molecule has 0 aliphatic rings. The molecule has 1 heterocycles. The molecular weight excluding hydrogens is 380 g/mol. The minimum Gasteiger partial charge on any atom is -0.492 e. The Balaban J connectivity index is 1.90. The molecule has 2 N–H and O–H groups in total. The monoisotopic (exact) mass is 402 g/mol. The van der Waals surface area contributed by atoms with Crippen LogP contribution in [0.5, 0.6) is 5.75 Å². The van der Waals surface area contributed by atoms with Gasteiger partial charge in [0.05, 0.1) is 24.2 Å². The number of hydrogen-bond acceptors (Lipinski definition) is 5. The van der Waals surface area contributed by atoms with E-state index in [-0.39, 0.29) is 23.1 Å². The number of anilines is 1. The normalized spacial score (nSPS) is 11.5. The van der Waals surface area contributed by atoms with Crippen molar-refractivity contribution in [1.82, 2.24) is 14.3 Å². The second-order valence-corrected chi connectivity index (χ2v) is 7.91. The molecule has 0 aliphatic heterocycles. The van der Waals surface area contributed by atoms with E-state index in [1.54, 1.807) is 13.0 Å². The summed E-state index contributed by atoms with van der Waals surface area (Å²) in [5.74, 6) is 0.509. The van der Waals surface area contributed by atoms with Crippen molar-refractivity contribution in [3.63, 3.8) is 0 Å². The molecule has 1 amide bonds. The van der Waals surface area contributed by atoms with Crippen LogP contribution < -0.4 is 14.8 Å². The highest BCUT2D eigenvalue weighted by atomic mass is 32.2. The number of imidazole rings is 1. The number of sulfonamides is 1. The van der Waals surface area contributed by atoms with Crippen molar-refractivity contribution in [3.8, 4) is 5.75 Å². The molecule has 0 saturated carbocycles. The standard InChI is InChI=1S/C19H22N4O4S/c1-4-27-17-10-9-14(21-13(2)24)11-18(17)28(25,26)20-12-19-22-15-7-5-6-8-16(15)23(19)3/h5-11,20H,4,12H2,1-3H3,(H,21,24). The zero-order valence-corrected chi connectivity index (χ0v) is 16.7. The number of aromatic nitrogens is 2. The van der Waals surface area contributed by atoms with Crippen LogP contribution in [-0.4, -0.2) is 30.5 Å². The lowest BCUT2D eigenvalue weighted by Crippen LogP contribution is -2.25. The Kier molecular flexibility index (Phi) is 5.66. The average Bonchev–Trinajstić information content (AvgIpc) is 2.97. The number of amides is 1. The lowest BCUT2D eigenvalue weighted by molar-refractivity contribution is -0.114. The van der Waals surface area contributed by atoms with Crippen molar-refractivity contribution in [2.75, 3.05) is 11.9 Å². The van der Waals surface area contributed by atoms with Crippen molar-refractivity contribution in [3.05, 3.63) is 48.3 Å². The largest absolute Gasteiger partial charge is 0.492 e. The van der Waals surface area contributed by atoms with Crippen LogP contribution in [0.4, 0.5) is 5.69 Å². The first-order chi connectivity index (χ1) is 13.3. The molecular formula is C19H22N4O4S. The number of para-hydroxylation sites is 2. The van der Waals surface area contributed by atoms with Gasteiger partial charge in [-0.05, 0) is 37.3 Å². The Labute approximate surface area is 163 Å². The van der Waals surface area contributed by atoms with Crippen LogP contribution in [0.2, 0.25) is 0 Å². The van der Waals surface area contributed by atoms with E-state index in [0.29, 0.717) is 18.1 Å². The van der Waals surface area contributed by atoms with Crippen molar-refractivity contribution in [2.24, 2.45) is 7.05 Å². The smallest absolute Gasteiger partial charge is 0.244 e. The molecule has 0 aliphatic carbocycles. The fourth-order valence-electron chi connectivity index (χ4n) is 2.86. The second kappa shape index (κ2) is 7.99. The third-order valence-corrected chi connectivity index (χ3v) is 5.58. The summed E-state index contributed by atoms with van der Waals surface area (Å²) in [6.45, 7) is 3.45. The van der Waals surface area contributed by atoms with Gasteiger partial charge < -0.3 is 14.6 Å². The van der Waals surface area contributed by atoms with Crippen LogP contribution in [-0.2, 0) is 28.4 Å². The first kappa shape index (κ1) is 19.8. The number of ether oxygens (including phenoxy) is 1. The zero-order chi connectivity index (χ0) is 20.3. The third kappa shape index (κ3) is 4.15. The number of nitrogens with one attached hydrogen (secondary N) is 2. The minimum atomic E-state index is -3.90. The number of carbonyl (C=O) groups is 1. The average molecular weight is 402 g/mol. The maximum atomic E-state index is 12.9. The summed E-state index contributed by atoms with van der Waals surface area (Å²) in [5.41, 5.74) is 2.08. The quantitative estimate of drug-likeness (QED) is 0.632. The molecule has 9 heteroatoms. The van der Waals surface area contributed by atoms with Gasteiger partial charge in [-0.3, -0.25) is 4.79 Å². The maximum Gasteiger partial charge on any atom is 0.244 e. The Morgan fingerprint density at radius 1 is 1.21 bits per heavy atom. The summed E-state index contributed by atoms with van der Waals surface area (Å²) < 4.78 is 35.7. The summed E-state index contributed by atoms with van der Waals surface area (Å²) in [6, 6.07) is 12.1. The van der Waals surface area contributed by atoms with E-state index in [4.69, 9.17) is 4.74 Å². The first-order valence-electron chi connectivity index (χ1n) is 8.76. The van der Waals surface area contributed by atoms with Crippen LogP contribution >= 0.6 is 0 Å². The van der Waals surface area contributed by atoms with E-state index >= 15 is 0 Å². The SMILES string of the molecule is CCOc1ccc(NC(C)=O)cc1S(=O)(=O)NCc1nc2ccccc2n1C. The summed E-state index contributed by atoms with van der Waals surface area (Å²) in [4.78, 5) is 15.7. The summed E-state index contributed by atoms with van der Waals surface area (Å²) in [5, 5.41) is 2.58. The molecule has 1 aromatic heterocycles. The Morgan fingerprint density at radius 3 is 2.64 bits per heavy atom. The molecule has 3 aromatic rings. The van der Waals surface area contributed by atoms with Gasteiger partial charge in [-0.15, -0.1) is 0 Å². The summed E-state index contributed by atoms with van der Waals surface area (Å²) in [6.07, 6.45) is 0. The highest BCUT2D eigenvalue weighted by molar-refractivity contribution is 7.89. The molecule has 8 nitrogen and oxygen atoms in total. The lowest BCUT2D eigenvalue weighted by atomic mass is 10.3. The number of hydrogen-bond donors (Lipinski definition) is 2. The predicted octanol–water partition coefficient (Wildman–Crippen LogP) is 2.41. The molecule has 0 atom stereocenters. The Bertz CT molecular complexity index is 1120. The second-order valence-electron chi connectivity index (χ2n) is 6.18. The molecule has 3 rings (SSSR count). The van der Waals surface area contributed by atoms with Crippen LogP contribution in [0.15, 0.2) is 47.4 Å². The van der Waals surface area contributed by atoms with Gasteiger partial charge in [-0.1, -0.05) is 12.1 Å². The number of benzene rings is 2. The van der Waals surface area contributed by atoms with Crippen molar-refractivity contribution in [2.45, 2.75) is 25.3 Å². The lowest BCUT2D eigenvalue weighted by Gasteiger charge is -2.13. The van der Waals surface area contributed by atoms with Gasteiger partial charge in [0, 0.05) is 19.7 Å². The molecule has 28 heavy (non-hydrogen) atoms. The number of rotatable bonds is 7. The summed E-state index contributed by atoms with van der Waals surface area (Å²) in [7, 11) is -2.07. The van der Waals surface area contributed by atoms with Gasteiger partial charge >= 0.3 is 0 Å². The van der Waals surface area contributed by atoms with Gasteiger partial charge in [0.15, 0.2) is 0 Å². The van der Waals surface area contributed by atoms with Gasteiger partial charge in [0.1, 0.15) is 16.5 Å². The highest BCUT2D eigenvalue weighted by Gasteiger charge is 2.21. The van der Waals surface area contributed by atoms with Gasteiger partial charge in [0.25, 0.3) is 0 Å². The molecule has 2 aromatic carbocycles. The van der Waals surface area contributed by atoms with Crippen LogP contribution in [0.1, 0.15) is 19.7 Å². The molecule has 0 saturated heterocycles. The van der Waals surface area contributed by atoms with E-state index in [9.17, 15) is 13.2 Å². The number of carbonyl (C=O) groups excluding carboxylic acids is 1. The van der Waals surface area contributed by atoms with Crippen LogP contribution in [0.25, 0.3) is 11.0 Å². The molecule has 148 valence electrons. The minimum absolute atomic E-state index is 0.0173. The fraction of sp³-hybridized carbons (Fsp3) is 0.263. The van der Waals surface area contributed by atoms with Crippen LogP contribution in [0, 0.1) is 0 Å². The van der Waals surface area contributed by atoms with Gasteiger partial charge in [-0.25, -0.2) is 18.1 Å². The first-order valence-corrected chi connectivity index (χ1v) is 10.2. The third-order valence-electron chi connectivity index (χ3n) is 4.15. The Morgan fingerprint density at radius 2 is 1.96 bits per heavy atom. The van der Waals surface area contributed by atoms with E-state index in [0.717, 1.165) is 11.0 Å². The predicted molar refractivity (Wildman–Crippen MR) is 107 cm³/mol. The Hall–Kier alpha value is -2.91. The van der Waals surface area contributed by atoms with Crippen molar-refractivity contribution < 1.29 is 17.9 Å². The molecule has 0 spiro atoms. The molecule has 0 bridgehead atoms. The van der Waals surface area contributed by atoms with Gasteiger partial charge in [-0.2, -0.15) is 0 Å². The van der Waals surface area contributed by atoms with E-state index in [1.165, 1.54) is 19.1 Å². The number of aryl methyl sites for hydroxylation is 1. The number of fused-ring (bicyclic) bond motifs is 1. The molecule has 0 radical (unpaired) electrons. The fourth-order valence-corrected chi connectivity index (χ4v) is 4.01.